The molecular formula is C8H12ClNOS. The third-order valence-corrected chi connectivity index (χ3v) is 2.76. The van der Waals surface area contributed by atoms with Crippen molar-refractivity contribution in [3.63, 3.8) is 0 Å². The summed E-state index contributed by atoms with van der Waals surface area (Å²) < 4.78 is 0.840. The molecule has 0 radical (unpaired) electrons. The second-order valence-corrected chi connectivity index (χ2v) is 4.23. The molecule has 0 amide bonds. The van der Waals surface area contributed by atoms with Crippen molar-refractivity contribution in [3.8, 4) is 0 Å². The minimum atomic E-state index is 0.200. The molecule has 0 spiro atoms. The zero-order chi connectivity index (χ0) is 8.81. The van der Waals surface area contributed by atoms with E-state index in [2.05, 4.69) is 5.32 Å². The summed E-state index contributed by atoms with van der Waals surface area (Å²) in [5.74, 6) is 0. The first kappa shape index (κ1) is 9.99. The van der Waals surface area contributed by atoms with Gasteiger partial charge >= 0.3 is 0 Å². The van der Waals surface area contributed by atoms with Crippen LogP contribution in [0.2, 0.25) is 4.34 Å². The third kappa shape index (κ3) is 3.54. The number of aliphatic hydroxyl groups is 1. The number of halogens is 1. The van der Waals surface area contributed by atoms with Crippen molar-refractivity contribution in [1.29, 1.82) is 0 Å². The largest absolute Gasteiger partial charge is 0.395 e. The molecule has 0 aliphatic rings. The molecule has 1 aromatic rings. The predicted molar refractivity (Wildman–Crippen MR) is 53.0 cm³/mol. The van der Waals surface area contributed by atoms with Crippen LogP contribution in [0.3, 0.4) is 0 Å². The van der Waals surface area contributed by atoms with E-state index in [1.54, 1.807) is 11.3 Å². The predicted octanol–water partition coefficient (Wildman–Crippen LogP) is 1.53. The molecule has 68 valence electrons. The smallest absolute Gasteiger partial charge is 0.0931 e. The van der Waals surface area contributed by atoms with Crippen LogP contribution in [0.4, 0.5) is 0 Å². The van der Waals surface area contributed by atoms with Crippen LogP contribution in [-0.2, 0) is 6.42 Å². The van der Waals surface area contributed by atoms with Gasteiger partial charge in [-0.1, -0.05) is 11.6 Å². The monoisotopic (exact) mass is 205 g/mol. The molecular weight excluding hydrogens is 194 g/mol. The zero-order valence-corrected chi connectivity index (χ0v) is 8.29. The summed E-state index contributed by atoms with van der Waals surface area (Å²) in [6.45, 7) is 1.77. The minimum absolute atomic E-state index is 0.200. The maximum atomic E-state index is 8.49. The van der Waals surface area contributed by atoms with Gasteiger partial charge in [-0.15, -0.1) is 11.3 Å². The van der Waals surface area contributed by atoms with Gasteiger partial charge in [-0.3, -0.25) is 0 Å². The maximum absolute atomic E-state index is 8.49. The highest BCUT2D eigenvalue weighted by Crippen LogP contribution is 2.21. The van der Waals surface area contributed by atoms with Gasteiger partial charge < -0.3 is 10.4 Å². The molecule has 0 aliphatic heterocycles. The van der Waals surface area contributed by atoms with Crippen molar-refractivity contribution >= 4 is 22.9 Å². The summed E-state index contributed by atoms with van der Waals surface area (Å²) in [6.07, 6.45) is 0.984. The quantitative estimate of drug-likeness (QED) is 0.715. The average molecular weight is 206 g/mol. The summed E-state index contributed by atoms with van der Waals surface area (Å²) in [6, 6.07) is 3.95. The van der Waals surface area contributed by atoms with E-state index in [4.69, 9.17) is 16.7 Å². The second kappa shape index (κ2) is 5.54. The number of hydrogen-bond donors (Lipinski definition) is 2. The van der Waals surface area contributed by atoms with E-state index < -0.39 is 0 Å². The van der Waals surface area contributed by atoms with Crippen LogP contribution in [0.25, 0.3) is 0 Å². The highest BCUT2D eigenvalue weighted by molar-refractivity contribution is 7.16. The van der Waals surface area contributed by atoms with Crippen LogP contribution in [0.15, 0.2) is 12.1 Å². The SMILES string of the molecule is OCCNCCc1ccc(Cl)s1. The number of hydrogen-bond acceptors (Lipinski definition) is 3. The standard InChI is InChI=1S/C8H12ClNOS/c9-8-2-1-7(12-8)3-4-10-5-6-11/h1-2,10-11H,3-6H2. The number of aliphatic hydroxyl groups excluding tert-OH is 1. The molecule has 0 unspecified atom stereocenters. The van der Waals surface area contributed by atoms with Crippen molar-refractivity contribution < 1.29 is 5.11 Å². The van der Waals surface area contributed by atoms with Crippen LogP contribution in [0.5, 0.6) is 0 Å². The molecule has 1 aromatic heterocycles. The summed E-state index contributed by atoms with van der Waals surface area (Å²) in [7, 11) is 0. The number of rotatable bonds is 5. The van der Waals surface area contributed by atoms with E-state index >= 15 is 0 Å². The molecule has 0 aliphatic carbocycles. The van der Waals surface area contributed by atoms with Gasteiger partial charge in [0.15, 0.2) is 0 Å². The van der Waals surface area contributed by atoms with Crippen molar-refractivity contribution in [2.24, 2.45) is 0 Å². The van der Waals surface area contributed by atoms with Gasteiger partial charge in [-0.25, -0.2) is 0 Å². The first-order valence-corrected chi connectivity index (χ1v) is 5.08. The molecule has 0 fully saturated rings. The zero-order valence-electron chi connectivity index (χ0n) is 6.72. The Labute approximate surface area is 81.2 Å². The van der Waals surface area contributed by atoms with E-state index in [0.717, 1.165) is 17.3 Å². The lowest BCUT2D eigenvalue weighted by molar-refractivity contribution is 0.293. The fourth-order valence-electron chi connectivity index (χ4n) is 0.902. The Morgan fingerprint density at radius 3 is 2.83 bits per heavy atom. The van der Waals surface area contributed by atoms with Gasteiger partial charge in [0.1, 0.15) is 0 Å². The van der Waals surface area contributed by atoms with Gasteiger partial charge in [0.05, 0.1) is 10.9 Å². The second-order valence-electron chi connectivity index (χ2n) is 2.43. The first-order valence-electron chi connectivity index (χ1n) is 3.88. The molecule has 0 saturated carbocycles. The van der Waals surface area contributed by atoms with E-state index in [1.165, 1.54) is 4.88 Å². The molecule has 1 heterocycles. The van der Waals surface area contributed by atoms with Crippen molar-refractivity contribution in [3.05, 3.63) is 21.3 Å². The number of thiophene rings is 1. The normalized spacial score (nSPS) is 10.5. The highest BCUT2D eigenvalue weighted by atomic mass is 35.5. The van der Waals surface area contributed by atoms with Crippen LogP contribution >= 0.6 is 22.9 Å². The maximum Gasteiger partial charge on any atom is 0.0931 e. The van der Waals surface area contributed by atoms with E-state index in [0.29, 0.717) is 6.54 Å². The van der Waals surface area contributed by atoms with Gasteiger partial charge in [-0.05, 0) is 18.6 Å². The Morgan fingerprint density at radius 2 is 2.25 bits per heavy atom. The fourth-order valence-corrected chi connectivity index (χ4v) is 1.99. The van der Waals surface area contributed by atoms with E-state index in [9.17, 15) is 0 Å². The Kier molecular flexibility index (Phi) is 4.61. The summed E-state index contributed by atoms with van der Waals surface area (Å²) in [5.41, 5.74) is 0. The molecule has 0 bridgehead atoms. The molecule has 0 saturated heterocycles. The fraction of sp³-hybridized carbons (Fsp3) is 0.500. The first-order chi connectivity index (χ1) is 5.83. The van der Waals surface area contributed by atoms with Crippen LogP contribution < -0.4 is 5.32 Å². The molecule has 2 N–H and O–H groups in total. The summed E-state index contributed by atoms with van der Waals surface area (Å²) >= 11 is 7.37. The molecule has 4 heteroatoms. The van der Waals surface area contributed by atoms with Crippen LogP contribution in [-0.4, -0.2) is 24.8 Å². The van der Waals surface area contributed by atoms with Crippen molar-refractivity contribution in [2.45, 2.75) is 6.42 Å². The Bertz CT molecular complexity index is 227. The Hall–Kier alpha value is -0.0900. The molecule has 1 rings (SSSR count). The molecule has 0 aromatic carbocycles. The lowest BCUT2D eigenvalue weighted by Gasteiger charge is -1.99. The Morgan fingerprint density at radius 1 is 1.42 bits per heavy atom. The summed E-state index contributed by atoms with van der Waals surface area (Å²) in [4.78, 5) is 1.28. The van der Waals surface area contributed by atoms with E-state index in [1.807, 2.05) is 12.1 Å². The number of nitrogens with one attached hydrogen (secondary N) is 1. The van der Waals surface area contributed by atoms with Gasteiger partial charge in [0.2, 0.25) is 0 Å². The van der Waals surface area contributed by atoms with Gasteiger partial charge in [-0.2, -0.15) is 0 Å². The Balaban J connectivity index is 2.15. The van der Waals surface area contributed by atoms with Crippen LogP contribution in [0.1, 0.15) is 4.88 Å². The lowest BCUT2D eigenvalue weighted by atomic mass is 10.3. The van der Waals surface area contributed by atoms with Crippen LogP contribution in [0, 0.1) is 0 Å². The summed E-state index contributed by atoms with van der Waals surface area (Å²) in [5, 5.41) is 11.6. The molecule has 12 heavy (non-hydrogen) atoms. The van der Waals surface area contributed by atoms with Crippen molar-refractivity contribution in [2.75, 3.05) is 19.7 Å². The third-order valence-electron chi connectivity index (χ3n) is 1.47. The van der Waals surface area contributed by atoms with E-state index in [-0.39, 0.29) is 6.61 Å². The minimum Gasteiger partial charge on any atom is -0.395 e. The van der Waals surface area contributed by atoms with Gasteiger partial charge in [0, 0.05) is 18.0 Å². The topological polar surface area (TPSA) is 32.3 Å². The lowest BCUT2D eigenvalue weighted by Crippen LogP contribution is -2.20. The highest BCUT2D eigenvalue weighted by Gasteiger charge is 1.96. The molecule has 0 atom stereocenters. The molecule has 2 nitrogen and oxygen atoms in total. The average Bonchev–Trinajstić information content (AvgIpc) is 2.45. The van der Waals surface area contributed by atoms with Gasteiger partial charge in [0.25, 0.3) is 0 Å². The van der Waals surface area contributed by atoms with Crippen molar-refractivity contribution in [1.82, 2.24) is 5.32 Å².